The number of alkyl halides is 1. The van der Waals surface area contributed by atoms with Gasteiger partial charge < -0.3 is 0 Å². The highest BCUT2D eigenvalue weighted by Gasteiger charge is 1.98. The molecule has 64 valence electrons. The maximum Gasteiger partial charge on any atom is 0.123 e. The quantitative estimate of drug-likeness (QED) is 0.451. The number of hydrogen-bond acceptors (Lipinski definition) is 0. The minimum atomic E-state index is -0.177. The van der Waals surface area contributed by atoms with Crippen molar-refractivity contribution in [3.05, 3.63) is 23.6 Å². The maximum absolute atomic E-state index is 13.0. The second-order valence-corrected chi connectivity index (χ2v) is 2.52. The zero-order valence-electron chi connectivity index (χ0n) is 7.03. The molecule has 0 aromatic rings. The van der Waals surface area contributed by atoms with Crippen LogP contribution in [0.5, 0.6) is 0 Å². The molecular weight excluding hydrogens is 163 g/mol. The Morgan fingerprint density at radius 1 is 1.45 bits per heavy atom. The van der Waals surface area contributed by atoms with Crippen LogP contribution >= 0.6 is 11.6 Å². The molecule has 0 saturated heterocycles. The van der Waals surface area contributed by atoms with Gasteiger partial charge in [0.1, 0.15) is 5.83 Å². The predicted molar refractivity (Wildman–Crippen MR) is 48.6 cm³/mol. The van der Waals surface area contributed by atoms with Crippen LogP contribution in [0, 0.1) is 0 Å². The van der Waals surface area contributed by atoms with Gasteiger partial charge in [-0.05, 0) is 24.5 Å². The normalized spacial score (nSPS) is 13.8. The predicted octanol–water partition coefficient (Wildman–Crippen LogP) is 3.83. The summed E-state index contributed by atoms with van der Waals surface area (Å²) < 4.78 is 13.0. The van der Waals surface area contributed by atoms with Crippen molar-refractivity contribution in [2.45, 2.75) is 26.7 Å². The van der Waals surface area contributed by atoms with Gasteiger partial charge in [-0.2, -0.15) is 0 Å². The summed E-state index contributed by atoms with van der Waals surface area (Å²) in [5.41, 5.74) is 0.677. The van der Waals surface area contributed by atoms with Crippen LogP contribution in [0.25, 0.3) is 0 Å². The molecule has 0 saturated carbocycles. The van der Waals surface area contributed by atoms with Gasteiger partial charge in [0.25, 0.3) is 0 Å². The molecule has 0 heterocycles. The van der Waals surface area contributed by atoms with E-state index in [4.69, 9.17) is 11.6 Å². The standard InChI is InChI=1S/C9H14ClF/c1-3-5-6-9(11)8(4-2)7-10/h5-6H,3-4,7H2,1-2H3/b6-5-,9-8+. The lowest BCUT2D eigenvalue weighted by molar-refractivity contribution is 0.648. The highest BCUT2D eigenvalue weighted by atomic mass is 35.5. The second kappa shape index (κ2) is 6.41. The average Bonchev–Trinajstić information content (AvgIpc) is 2.03. The summed E-state index contributed by atoms with van der Waals surface area (Å²) in [4.78, 5) is 0. The summed E-state index contributed by atoms with van der Waals surface area (Å²) in [6.45, 7) is 3.87. The Bertz CT molecular complexity index is 153. The first-order valence-corrected chi connectivity index (χ1v) is 4.39. The summed E-state index contributed by atoms with van der Waals surface area (Å²) in [6, 6.07) is 0. The molecular formula is C9H14ClF. The molecule has 0 rings (SSSR count). The first-order chi connectivity index (χ1) is 5.26. The van der Waals surface area contributed by atoms with E-state index in [0.29, 0.717) is 12.0 Å². The third-order valence-corrected chi connectivity index (χ3v) is 1.75. The molecule has 0 aliphatic rings. The summed E-state index contributed by atoms with van der Waals surface area (Å²) in [5.74, 6) is 0.112. The Balaban J connectivity index is 4.22. The van der Waals surface area contributed by atoms with Crippen molar-refractivity contribution in [1.82, 2.24) is 0 Å². The molecule has 0 amide bonds. The molecule has 0 aromatic heterocycles. The van der Waals surface area contributed by atoms with E-state index in [1.807, 2.05) is 13.8 Å². The lowest BCUT2D eigenvalue weighted by Crippen LogP contribution is -1.85. The van der Waals surface area contributed by atoms with Gasteiger partial charge in [0.15, 0.2) is 0 Å². The van der Waals surface area contributed by atoms with Gasteiger partial charge >= 0.3 is 0 Å². The largest absolute Gasteiger partial charge is 0.207 e. The van der Waals surface area contributed by atoms with Crippen molar-refractivity contribution in [2.75, 3.05) is 5.88 Å². The molecule has 0 bridgehead atoms. The van der Waals surface area contributed by atoms with Crippen molar-refractivity contribution in [1.29, 1.82) is 0 Å². The van der Waals surface area contributed by atoms with Gasteiger partial charge in [-0.1, -0.05) is 19.9 Å². The van der Waals surface area contributed by atoms with E-state index in [-0.39, 0.29) is 11.7 Å². The summed E-state index contributed by atoms with van der Waals surface area (Å²) >= 11 is 5.51. The van der Waals surface area contributed by atoms with Crippen LogP contribution in [-0.4, -0.2) is 5.88 Å². The van der Waals surface area contributed by atoms with Crippen LogP contribution in [0.15, 0.2) is 23.6 Å². The lowest BCUT2D eigenvalue weighted by Gasteiger charge is -1.97. The van der Waals surface area contributed by atoms with E-state index in [2.05, 4.69) is 0 Å². The van der Waals surface area contributed by atoms with E-state index in [1.54, 1.807) is 6.08 Å². The number of halogens is 2. The first-order valence-electron chi connectivity index (χ1n) is 3.86. The molecule has 0 aromatic carbocycles. The van der Waals surface area contributed by atoms with Crippen molar-refractivity contribution < 1.29 is 4.39 Å². The van der Waals surface area contributed by atoms with Crippen molar-refractivity contribution in [3.8, 4) is 0 Å². The molecule has 0 N–H and O–H groups in total. The minimum Gasteiger partial charge on any atom is -0.207 e. The van der Waals surface area contributed by atoms with Crippen LogP contribution in [0.2, 0.25) is 0 Å². The Labute approximate surface area is 72.7 Å². The number of rotatable bonds is 4. The average molecular weight is 177 g/mol. The third kappa shape index (κ3) is 4.20. The Kier molecular flexibility index (Phi) is 6.24. The lowest BCUT2D eigenvalue weighted by atomic mass is 10.2. The Morgan fingerprint density at radius 2 is 2.09 bits per heavy atom. The summed E-state index contributed by atoms with van der Waals surface area (Å²) in [7, 11) is 0. The summed E-state index contributed by atoms with van der Waals surface area (Å²) in [5, 5.41) is 0. The molecule has 11 heavy (non-hydrogen) atoms. The molecule has 0 aliphatic heterocycles. The van der Waals surface area contributed by atoms with Crippen molar-refractivity contribution in [2.24, 2.45) is 0 Å². The molecule has 0 aliphatic carbocycles. The fraction of sp³-hybridized carbons (Fsp3) is 0.556. The monoisotopic (exact) mass is 176 g/mol. The molecule has 0 fully saturated rings. The first kappa shape index (κ1) is 10.7. The smallest absolute Gasteiger partial charge is 0.123 e. The van der Waals surface area contributed by atoms with E-state index in [1.165, 1.54) is 6.08 Å². The van der Waals surface area contributed by atoms with Crippen LogP contribution < -0.4 is 0 Å². The zero-order chi connectivity index (χ0) is 8.69. The molecule has 2 heteroatoms. The topological polar surface area (TPSA) is 0 Å². The van der Waals surface area contributed by atoms with E-state index >= 15 is 0 Å². The molecule has 0 spiro atoms. The van der Waals surface area contributed by atoms with Gasteiger partial charge in [0.05, 0.1) is 0 Å². The van der Waals surface area contributed by atoms with Crippen molar-refractivity contribution >= 4 is 11.6 Å². The molecule has 0 radical (unpaired) electrons. The van der Waals surface area contributed by atoms with E-state index in [9.17, 15) is 4.39 Å². The van der Waals surface area contributed by atoms with Gasteiger partial charge in [0, 0.05) is 5.88 Å². The number of hydrogen-bond donors (Lipinski definition) is 0. The fourth-order valence-electron chi connectivity index (χ4n) is 0.666. The Hall–Kier alpha value is -0.300. The second-order valence-electron chi connectivity index (χ2n) is 2.25. The fourth-order valence-corrected chi connectivity index (χ4v) is 0.983. The minimum absolute atomic E-state index is 0.177. The maximum atomic E-state index is 13.0. The van der Waals surface area contributed by atoms with E-state index in [0.717, 1.165) is 6.42 Å². The zero-order valence-corrected chi connectivity index (χ0v) is 7.79. The third-order valence-electron chi connectivity index (χ3n) is 1.43. The number of allylic oxidation sites excluding steroid dienone is 4. The van der Waals surface area contributed by atoms with Crippen LogP contribution in [0.4, 0.5) is 4.39 Å². The van der Waals surface area contributed by atoms with Gasteiger partial charge in [0.2, 0.25) is 0 Å². The van der Waals surface area contributed by atoms with Gasteiger partial charge in [-0.15, -0.1) is 11.6 Å². The SMILES string of the molecule is CC/C=C\C(F)=C(\CC)CCl. The molecule has 0 unspecified atom stereocenters. The molecule has 0 nitrogen and oxygen atoms in total. The Morgan fingerprint density at radius 3 is 2.45 bits per heavy atom. The van der Waals surface area contributed by atoms with Gasteiger partial charge in [-0.25, -0.2) is 4.39 Å². The van der Waals surface area contributed by atoms with Crippen LogP contribution in [-0.2, 0) is 0 Å². The van der Waals surface area contributed by atoms with Crippen LogP contribution in [0.1, 0.15) is 26.7 Å². The summed E-state index contributed by atoms with van der Waals surface area (Å²) in [6.07, 6.45) is 4.81. The van der Waals surface area contributed by atoms with E-state index < -0.39 is 0 Å². The molecule has 0 atom stereocenters. The highest BCUT2D eigenvalue weighted by Crippen LogP contribution is 2.13. The highest BCUT2D eigenvalue weighted by molar-refractivity contribution is 6.19. The van der Waals surface area contributed by atoms with Crippen LogP contribution in [0.3, 0.4) is 0 Å². The van der Waals surface area contributed by atoms with Gasteiger partial charge in [-0.3, -0.25) is 0 Å². The van der Waals surface area contributed by atoms with Crippen molar-refractivity contribution in [3.63, 3.8) is 0 Å².